The van der Waals surface area contributed by atoms with E-state index in [1.807, 2.05) is 54.7 Å². The number of nitrogens with one attached hydrogen (secondary N) is 1. The van der Waals surface area contributed by atoms with Crippen molar-refractivity contribution in [2.24, 2.45) is 0 Å². The molecular formula is C23H23N5O4. The number of aliphatic hydroxyl groups is 3. The number of hydrogen-bond acceptors (Lipinski definition) is 8. The molecule has 1 aliphatic heterocycles. The molecule has 4 atom stereocenters. The van der Waals surface area contributed by atoms with E-state index in [0.29, 0.717) is 18.0 Å². The van der Waals surface area contributed by atoms with Crippen molar-refractivity contribution in [2.45, 2.75) is 31.1 Å². The number of aliphatic hydroxyl groups excluding tert-OH is 3. The predicted molar refractivity (Wildman–Crippen MR) is 118 cm³/mol. The topological polar surface area (TPSA) is 126 Å². The van der Waals surface area contributed by atoms with Crippen LogP contribution in [0.1, 0.15) is 11.9 Å². The van der Waals surface area contributed by atoms with Crippen LogP contribution in [-0.2, 0) is 11.3 Å². The molecular weight excluding hydrogens is 410 g/mol. The Bertz CT molecular complexity index is 1200. The smallest absolute Gasteiger partial charge is 0.164 e. The molecule has 3 aromatic heterocycles. The summed E-state index contributed by atoms with van der Waals surface area (Å²) in [6, 6.07) is 15.5. The molecule has 0 radical (unpaired) electrons. The Kier molecular flexibility index (Phi) is 5.54. The van der Waals surface area contributed by atoms with E-state index < -0.39 is 31.1 Å². The minimum atomic E-state index is -1.22. The quantitative estimate of drug-likeness (QED) is 0.362. The summed E-state index contributed by atoms with van der Waals surface area (Å²) in [5, 5.41) is 34.4. The molecule has 1 aliphatic rings. The number of benzene rings is 1. The molecule has 1 aromatic carbocycles. The second-order valence-corrected chi connectivity index (χ2v) is 7.64. The largest absolute Gasteiger partial charge is 0.394 e. The molecule has 1 fully saturated rings. The summed E-state index contributed by atoms with van der Waals surface area (Å²) < 4.78 is 7.46. The average molecular weight is 433 g/mol. The zero-order chi connectivity index (χ0) is 22.1. The third kappa shape index (κ3) is 3.61. The lowest BCUT2D eigenvalue weighted by molar-refractivity contribution is -0.0508. The monoisotopic (exact) mass is 433 g/mol. The minimum absolute atomic E-state index is 0.397. The Morgan fingerprint density at radius 1 is 0.969 bits per heavy atom. The van der Waals surface area contributed by atoms with E-state index in [1.165, 1.54) is 6.33 Å². The number of nitrogens with zero attached hydrogens (tertiary/aromatic N) is 4. The highest BCUT2D eigenvalue weighted by Crippen LogP contribution is 2.39. The van der Waals surface area contributed by atoms with Crippen LogP contribution >= 0.6 is 0 Å². The van der Waals surface area contributed by atoms with Gasteiger partial charge in [-0.15, -0.1) is 0 Å². The van der Waals surface area contributed by atoms with Gasteiger partial charge in [-0.2, -0.15) is 0 Å². The Hall–Kier alpha value is -3.37. The van der Waals surface area contributed by atoms with E-state index in [-0.39, 0.29) is 0 Å². The first-order valence-electron chi connectivity index (χ1n) is 10.3. The molecule has 9 nitrogen and oxygen atoms in total. The Morgan fingerprint density at radius 2 is 1.78 bits per heavy atom. The molecule has 0 spiro atoms. The SMILES string of the molecule is OC[C@H]1O[C@@H](n2cc(-c3ccccc3)c3c(NCc4ccccn4)ncnc32)[C@@H](O)[C@H]1O. The van der Waals surface area contributed by atoms with E-state index in [9.17, 15) is 15.3 Å². The van der Waals surface area contributed by atoms with Crippen LogP contribution in [0, 0.1) is 0 Å². The predicted octanol–water partition coefficient (Wildman–Crippen LogP) is 1.72. The molecule has 0 unspecified atom stereocenters. The van der Waals surface area contributed by atoms with E-state index in [1.54, 1.807) is 10.8 Å². The average Bonchev–Trinajstić information content (AvgIpc) is 3.37. The molecule has 4 heterocycles. The first-order valence-corrected chi connectivity index (χ1v) is 10.3. The molecule has 9 heteroatoms. The lowest BCUT2D eigenvalue weighted by Gasteiger charge is -2.17. The maximum Gasteiger partial charge on any atom is 0.164 e. The van der Waals surface area contributed by atoms with Gasteiger partial charge in [0.15, 0.2) is 6.23 Å². The van der Waals surface area contributed by atoms with Crippen molar-refractivity contribution in [1.82, 2.24) is 19.5 Å². The van der Waals surface area contributed by atoms with Crippen LogP contribution in [0.2, 0.25) is 0 Å². The summed E-state index contributed by atoms with van der Waals surface area (Å²) >= 11 is 0. The third-order valence-electron chi connectivity index (χ3n) is 5.65. The summed E-state index contributed by atoms with van der Waals surface area (Å²) in [6.45, 7) is 0.0750. The maximum absolute atomic E-state index is 10.6. The molecule has 0 aliphatic carbocycles. The third-order valence-corrected chi connectivity index (χ3v) is 5.65. The molecule has 0 saturated carbocycles. The number of fused-ring (bicyclic) bond motifs is 1. The fourth-order valence-electron chi connectivity index (χ4n) is 4.04. The van der Waals surface area contributed by atoms with Crippen molar-refractivity contribution in [2.75, 3.05) is 11.9 Å². The van der Waals surface area contributed by atoms with Gasteiger partial charge in [0, 0.05) is 18.0 Å². The Labute approximate surface area is 184 Å². The molecule has 4 N–H and O–H groups in total. The molecule has 5 rings (SSSR count). The molecule has 0 bridgehead atoms. The van der Waals surface area contributed by atoms with Crippen LogP contribution in [0.3, 0.4) is 0 Å². The van der Waals surface area contributed by atoms with E-state index >= 15 is 0 Å². The van der Waals surface area contributed by atoms with Crippen molar-refractivity contribution in [1.29, 1.82) is 0 Å². The van der Waals surface area contributed by atoms with Crippen LogP contribution in [-0.4, -0.2) is 59.8 Å². The Balaban J connectivity index is 1.62. The zero-order valence-corrected chi connectivity index (χ0v) is 17.1. The van der Waals surface area contributed by atoms with Gasteiger partial charge in [0.2, 0.25) is 0 Å². The van der Waals surface area contributed by atoms with Gasteiger partial charge in [-0.1, -0.05) is 36.4 Å². The highest BCUT2D eigenvalue weighted by atomic mass is 16.6. The van der Waals surface area contributed by atoms with Gasteiger partial charge in [-0.3, -0.25) is 4.98 Å². The fraction of sp³-hybridized carbons (Fsp3) is 0.261. The van der Waals surface area contributed by atoms with Gasteiger partial charge < -0.3 is 29.9 Å². The second kappa shape index (κ2) is 8.64. The van der Waals surface area contributed by atoms with Gasteiger partial charge in [-0.25, -0.2) is 9.97 Å². The standard InChI is InChI=1S/C23H23N5O4/c29-12-17-19(30)20(31)23(32-17)28-11-16(14-6-2-1-3-7-14)18-21(26-13-27-22(18)28)25-10-15-8-4-5-9-24-15/h1-9,11,13,17,19-20,23,29-31H,10,12H2,(H,25,26,27)/t17-,19+,20+,23-/m1/s1. The van der Waals surface area contributed by atoms with Crippen LogP contribution in [0.25, 0.3) is 22.2 Å². The van der Waals surface area contributed by atoms with Crippen LogP contribution in [0.15, 0.2) is 67.3 Å². The highest BCUT2D eigenvalue weighted by Gasteiger charge is 2.44. The van der Waals surface area contributed by atoms with Crippen molar-refractivity contribution < 1.29 is 20.1 Å². The number of anilines is 1. The normalized spacial score (nSPS) is 23.0. The van der Waals surface area contributed by atoms with E-state index in [2.05, 4.69) is 20.3 Å². The lowest BCUT2D eigenvalue weighted by atomic mass is 10.1. The number of pyridine rings is 1. The number of ether oxygens (including phenoxy) is 1. The van der Waals surface area contributed by atoms with Gasteiger partial charge in [0.05, 0.1) is 24.2 Å². The number of rotatable bonds is 6. The molecule has 0 amide bonds. The summed E-state index contributed by atoms with van der Waals surface area (Å²) in [5.74, 6) is 0.616. The van der Waals surface area contributed by atoms with Crippen LogP contribution < -0.4 is 5.32 Å². The number of hydrogen-bond donors (Lipinski definition) is 4. The van der Waals surface area contributed by atoms with Crippen LogP contribution in [0.4, 0.5) is 5.82 Å². The summed E-state index contributed by atoms with van der Waals surface area (Å²) in [7, 11) is 0. The summed E-state index contributed by atoms with van der Waals surface area (Å²) in [6.07, 6.45) is 0.811. The molecule has 32 heavy (non-hydrogen) atoms. The summed E-state index contributed by atoms with van der Waals surface area (Å²) in [4.78, 5) is 13.3. The lowest BCUT2D eigenvalue weighted by Crippen LogP contribution is -2.33. The maximum atomic E-state index is 10.6. The molecule has 1 saturated heterocycles. The van der Waals surface area contributed by atoms with Gasteiger partial charge >= 0.3 is 0 Å². The van der Waals surface area contributed by atoms with Gasteiger partial charge in [0.25, 0.3) is 0 Å². The van der Waals surface area contributed by atoms with E-state index in [0.717, 1.165) is 22.2 Å². The first-order chi connectivity index (χ1) is 15.7. The fourth-order valence-corrected chi connectivity index (χ4v) is 4.04. The Morgan fingerprint density at radius 3 is 2.50 bits per heavy atom. The van der Waals surface area contributed by atoms with Crippen molar-refractivity contribution in [3.63, 3.8) is 0 Å². The summed E-state index contributed by atoms with van der Waals surface area (Å²) in [5.41, 5.74) is 3.20. The first kappa shape index (κ1) is 20.5. The van der Waals surface area contributed by atoms with Crippen molar-refractivity contribution in [3.8, 4) is 11.1 Å². The highest BCUT2D eigenvalue weighted by molar-refractivity contribution is 6.01. The van der Waals surface area contributed by atoms with Crippen LogP contribution in [0.5, 0.6) is 0 Å². The zero-order valence-electron chi connectivity index (χ0n) is 17.1. The number of aromatic nitrogens is 4. The molecule has 164 valence electrons. The van der Waals surface area contributed by atoms with Gasteiger partial charge in [-0.05, 0) is 17.7 Å². The van der Waals surface area contributed by atoms with Gasteiger partial charge in [0.1, 0.15) is 36.1 Å². The second-order valence-electron chi connectivity index (χ2n) is 7.64. The van der Waals surface area contributed by atoms with Crippen molar-refractivity contribution >= 4 is 16.9 Å². The van der Waals surface area contributed by atoms with E-state index in [4.69, 9.17) is 4.74 Å². The van der Waals surface area contributed by atoms with Crippen molar-refractivity contribution in [3.05, 3.63) is 72.9 Å². The molecule has 4 aromatic rings. The minimum Gasteiger partial charge on any atom is -0.394 e.